The zero-order valence-corrected chi connectivity index (χ0v) is 15.6. The van der Waals surface area contributed by atoms with E-state index >= 15 is 0 Å². The Hall–Kier alpha value is 0.363. The summed E-state index contributed by atoms with van der Waals surface area (Å²) in [5.74, 6) is 0. The molecule has 0 saturated carbocycles. The van der Waals surface area contributed by atoms with Crippen molar-refractivity contribution >= 4 is 48.3 Å². The van der Waals surface area contributed by atoms with Crippen molar-refractivity contribution in [2.45, 2.75) is 13.8 Å². The molecule has 2 aromatic carbocycles. The summed E-state index contributed by atoms with van der Waals surface area (Å²) in [7, 11) is 15.6. The van der Waals surface area contributed by atoms with Crippen LogP contribution in [0, 0.1) is 13.8 Å². The van der Waals surface area contributed by atoms with E-state index in [1.165, 1.54) is 21.7 Å². The van der Waals surface area contributed by atoms with E-state index in [1.54, 1.807) is 0 Å². The first kappa shape index (κ1) is 17.4. The summed E-state index contributed by atoms with van der Waals surface area (Å²) in [6.07, 6.45) is 0. The van der Waals surface area contributed by atoms with Crippen LogP contribution in [0.25, 0.3) is 0 Å². The third kappa shape index (κ3) is 7.07. The normalized spacial score (nSPS) is 10.5. The summed E-state index contributed by atoms with van der Waals surface area (Å²) in [5, 5.41) is 2.90. The van der Waals surface area contributed by atoms with E-state index in [2.05, 4.69) is 62.4 Å². The zero-order valence-electron chi connectivity index (χ0n) is 10.6. The maximum absolute atomic E-state index is 4.95. The molecule has 0 radical (unpaired) electrons. The molecule has 0 aliphatic carbocycles. The summed E-state index contributed by atoms with van der Waals surface area (Å²) in [6, 6.07) is 17.2. The number of halogens is 3. The number of hydrogen-bond acceptors (Lipinski definition) is 0. The molecule has 0 atom stereocenters. The minimum absolute atomic E-state index is 0.774. The Bertz CT molecular complexity index is 471. The number of rotatable bonds is 2. The van der Waals surface area contributed by atoms with Crippen molar-refractivity contribution < 1.29 is 13.0 Å². The van der Waals surface area contributed by atoms with Gasteiger partial charge in [-0.15, -0.1) is 0 Å². The Labute approximate surface area is 134 Å². The first-order chi connectivity index (χ1) is 9.00. The van der Waals surface area contributed by atoms with Crippen molar-refractivity contribution in [1.82, 2.24) is 0 Å². The van der Waals surface area contributed by atoms with Crippen LogP contribution >= 0.6 is 37.7 Å². The molecular weight excluding hydrogens is 407 g/mol. The van der Waals surface area contributed by atoms with Crippen molar-refractivity contribution in [2.75, 3.05) is 0 Å². The molecule has 105 valence electrons. The Balaban J connectivity index is 0.000000399. The molecule has 5 heteroatoms. The second-order valence-corrected chi connectivity index (χ2v) is 13.1. The van der Waals surface area contributed by atoms with E-state index in [-0.39, 0.29) is 0 Å². The van der Waals surface area contributed by atoms with Gasteiger partial charge in [0.05, 0.1) is 0 Å². The third-order valence-electron chi connectivity index (χ3n) is 2.56. The molecule has 2 aromatic rings. The van der Waals surface area contributed by atoms with Gasteiger partial charge in [-0.1, -0.05) is 57.1 Å². The van der Waals surface area contributed by atoms with Crippen LogP contribution in [0.3, 0.4) is 0 Å². The van der Waals surface area contributed by atoms with Crippen LogP contribution in [-0.4, -0.2) is 0 Å². The monoisotopic (exact) mass is 421 g/mol. The van der Waals surface area contributed by atoms with E-state index < -0.39 is 13.0 Å². The van der Waals surface area contributed by atoms with Crippen molar-refractivity contribution in [1.29, 1.82) is 0 Å². The molecule has 0 spiro atoms. The van der Waals surface area contributed by atoms with Crippen LogP contribution in [0.2, 0.25) is 0 Å². The predicted octanol–water partition coefficient (Wildman–Crippen LogP) is 5.00. The standard InChI is InChI=1S/C14H15P.3ClH.Ru/c1-11-7-3-5-9-13(11)15-14-10-6-4-8-12(14)2;;;;/h3-10,15H,1-2H3;3*1H;/q;;;;+3/p-3. The quantitative estimate of drug-likeness (QED) is 0.473. The number of hydrogen-bond donors (Lipinski definition) is 0. The first-order valence-corrected chi connectivity index (χ1v) is 13.3. The van der Waals surface area contributed by atoms with Gasteiger partial charge in [0.15, 0.2) is 0 Å². The van der Waals surface area contributed by atoms with Gasteiger partial charge in [0, 0.05) is 0 Å². The maximum atomic E-state index is 4.95. The summed E-state index contributed by atoms with van der Waals surface area (Å²) in [6.45, 7) is 4.36. The average Bonchev–Trinajstić information content (AvgIpc) is 2.34. The van der Waals surface area contributed by atoms with Crippen LogP contribution in [0.15, 0.2) is 48.5 Å². The molecule has 0 heterocycles. The molecule has 0 nitrogen and oxygen atoms in total. The van der Waals surface area contributed by atoms with Gasteiger partial charge in [0.1, 0.15) is 0 Å². The van der Waals surface area contributed by atoms with Crippen LogP contribution < -0.4 is 10.6 Å². The molecular formula is C14H15Cl3PRu. The molecule has 0 bridgehead atoms. The molecule has 0 N–H and O–H groups in total. The van der Waals surface area contributed by atoms with Crippen molar-refractivity contribution in [3.8, 4) is 0 Å². The van der Waals surface area contributed by atoms with Crippen LogP contribution in [-0.2, 0) is 13.0 Å². The summed E-state index contributed by atoms with van der Waals surface area (Å²) >= 11 is -1.75. The first-order valence-electron chi connectivity index (χ1n) is 5.56. The summed E-state index contributed by atoms with van der Waals surface area (Å²) in [4.78, 5) is 0. The molecule has 0 fully saturated rings. The topological polar surface area (TPSA) is 0 Å². The van der Waals surface area contributed by atoms with E-state index in [0.717, 1.165) is 8.58 Å². The van der Waals surface area contributed by atoms with Gasteiger partial charge in [0.2, 0.25) is 0 Å². The van der Waals surface area contributed by atoms with E-state index in [4.69, 9.17) is 29.1 Å². The van der Waals surface area contributed by atoms with Crippen LogP contribution in [0.4, 0.5) is 0 Å². The third-order valence-corrected chi connectivity index (χ3v) is 4.22. The molecule has 0 aliphatic heterocycles. The van der Waals surface area contributed by atoms with Crippen LogP contribution in [0.1, 0.15) is 11.1 Å². The average molecular weight is 422 g/mol. The Kier molecular flexibility index (Phi) is 8.55. The van der Waals surface area contributed by atoms with Gasteiger partial charge >= 0.3 is 42.1 Å². The molecule has 19 heavy (non-hydrogen) atoms. The van der Waals surface area contributed by atoms with Gasteiger partial charge in [-0.25, -0.2) is 0 Å². The second kappa shape index (κ2) is 9.33. The molecule has 2 rings (SSSR count). The van der Waals surface area contributed by atoms with Crippen molar-refractivity contribution in [3.05, 3.63) is 59.7 Å². The summed E-state index contributed by atoms with van der Waals surface area (Å²) < 4.78 is 0. The Morgan fingerprint density at radius 2 is 1.05 bits per heavy atom. The van der Waals surface area contributed by atoms with Crippen molar-refractivity contribution in [3.63, 3.8) is 0 Å². The summed E-state index contributed by atoms with van der Waals surface area (Å²) in [5.41, 5.74) is 2.78. The van der Waals surface area contributed by atoms with Crippen molar-refractivity contribution in [2.24, 2.45) is 0 Å². The molecule has 0 aliphatic rings. The van der Waals surface area contributed by atoms with Gasteiger partial charge < -0.3 is 0 Å². The minimum atomic E-state index is -1.75. The van der Waals surface area contributed by atoms with Gasteiger partial charge in [-0.3, -0.25) is 0 Å². The van der Waals surface area contributed by atoms with E-state index in [0.29, 0.717) is 0 Å². The Morgan fingerprint density at radius 3 is 1.37 bits per heavy atom. The Morgan fingerprint density at radius 1 is 0.737 bits per heavy atom. The fourth-order valence-corrected chi connectivity index (χ4v) is 2.78. The zero-order chi connectivity index (χ0) is 14.3. The van der Waals surface area contributed by atoms with Gasteiger partial charge in [-0.05, 0) is 35.6 Å². The SMILES string of the molecule is Cc1ccccc1Pc1ccccc1C.[Cl][Ru]([Cl])[Cl]. The fourth-order valence-electron chi connectivity index (χ4n) is 1.57. The van der Waals surface area contributed by atoms with Gasteiger partial charge in [0.25, 0.3) is 0 Å². The van der Waals surface area contributed by atoms with Gasteiger partial charge in [-0.2, -0.15) is 0 Å². The molecule has 0 aromatic heterocycles. The predicted molar refractivity (Wildman–Crippen MR) is 87.5 cm³/mol. The van der Waals surface area contributed by atoms with E-state index in [9.17, 15) is 0 Å². The van der Waals surface area contributed by atoms with Crippen LogP contribution in [0.5, 0.6) is 0 Å². The molecule has 0 saturated heterocycles. The van der Waals surface area contributed by atoms with E-state index in [1.807, 2.05) is 0 Å². The fraction of sp³-hybridized carbons (Fsp3) is 0.143. The second-order valence-electron chi connectivity index (χ2n) is 3.91. The number of aryl methyl sites for hydroxylation is 2. The molecule has 0 unspecified atom stereocenters. The number of benzene rings is 2. The molecule has 0 amide bonds.